The van der Waals surface area contributed by atoms with Crippen molar-refractivity contribution in [2.45, 2.75) is 7.43 Å². The Bertz CT molecular complexity index is 2800. The molecule has 0 N–H and O–H groups in total. The van der Waals surface area contributed by atoms with Crippen molar-refractivity contribution in [1.29, 1.82) is 0 Å². The Morgan fingerprint density at radius 1 is 0.380 bits per heavy atom. The van der Waals surface area contributed by atoms with E-state index in [0.29, 0.717) is 5.82 Å². The highest BCUT2D eigenvalue weighted by Gasteiger charge is 2.21. The number of rotatable bonds is 4. The zero-order valence-electron chi connectivity index (χ0n) is 26.6. The largest absolute Gasteiger partial charge is 0.309 e. The Morgan fingerprint density at radius 3 is 1.66 bits per heavy atom. The van der Waals surface area contributed by atoms with E-state index in [4.69, 9.17) is 9.97 Å². The number of fused-ring (bicyclic) bond motifs is 10. The summed E-state index contributed by atoms with van der Waals surface area (Å²) >= 11 is 0. The Hall–Kier alpha value is -6.58. The minimum Gasteiger partial charge on any atom is -0.309 e. The minimum absolute atomic E-state index is 0. The molecule has 0 amide bonds. The van der Waals surface area contributed by atoms with Crippen molar-refractivity contribution in [3.8, 4) is 39.6 Å². The summed E-state index contributed by atoms with van der Waals surface area (Å²) in [5.74, 6) is 0.712. The Morgan fingerprint density at radius 2 is 0.920 bits per heavy atom. The molecule has 0 atom stereocenters. The number of benzene rings is 8. The maximum Gasteiger partial charge on any atom is 0.160 e. The smallest absolute Gasteiger partial charge is 0.160 e. The van der Waals surface area contributed by atoms with Crippen LogP contribution >= 0.6 is 0 Å². The van der Waals surface area contributed by atoms with E-state index < -0.39 is 0 Å². The fraction of sp³-hybridized carbons (Fsp3) is 0.0213. The van der Waals surface area contributed by atoms with E-state index in [1.54, 1.807) is 0 Å². The number of hydrogen-bond donors (Lipinski definition) is 0. The van der Waals surface area contributed by atoms with Crippen molar-refractivity contribution in [3.05, 3.63) is 176 Å². The van der Waals surface area contributed by atoms with E-state index in [2.05, 4.69) is 156 Å². The molecular formula is C47H33N3. The molecule has 0 fully saturated rings. The molecule has 8 aromatic carbocycles. The molecule has 0 radical (unpaired) electrons. The molecule has 0 saturated carbocycles. The molecule has 2 aromatic heterocycles. The summed E-state index contributed by atoms with van der Waals surface area (Å²) in [5, 5.41) is 10.0. The molecule has 0 spiro atoms. The molecule has 0 bridgehead atoms. The molecule has 0 aliphatic heterocycles. The maximum atomic E-state index is 5.18. The summed E-state index contributed by atoms with van der Waals surface area (Å²) in [5.41, 5.74) is 8.38. The van der Waals surface area contributed by atoms with E-state index in [1.165, 1.54) is 48.6 Å². The van der Waals surface area contributed by atoms with Crippen LogP contribution in [0.4, 0.5) is 0 Å². The van der Waals surface area contributed by atoms with Gasteiger partial charge in [0.1, 0.15) is 0 Å². The lowest BCUT2D eigenvalue weighted by Gasteiger charge is -2.14. The van der Waals surface area contributed by atoms with E-state index in [1.807, 2.05) is 24.3 Å². The molecule has 10 rings (SSSR count). The highest BCUT2D eigenvalue weighted by molar-refractivity contribution is 6.36. The van der Waals surface area contributed by atoms with Crippen LogP contribution in [0, 0.1) is 0 Å². The van der Waals surface area contributed by atoms with Gasteiger partial charge in [0.2, 0.25) is 0 Å². The topological polar surface area (TPSA) is 30.7 Å². The fourth-order valence-electron chi connectivity index (χ4n) is 7.56. The lowest BCUT2D eigenvalue weighted by molar-refractivity contribution is 1.17. The standard InChI is InChI=1S/C46H29N3.CH4/c1-4-15-31(16-5-1)40-29-41(48-46(47-40)32-17-6-2-7-18-32)33-25-27-39-42(28-33)49(34-19-8-3-9-20-34)45-43-35-21-11-10-14-30(35)24-26-38(43)36-22-12-13-23-37(36)44(39)45;/h1-29H;1H4. The second kappa shape index (κ2) is 11.8. The molecular weight excluding hydrogens is 607 g/mol. The van der Waals surface area contributed by atoms with Gasteiger partial charge in [-0.05, 0) is 51.2 Å². The molecule has 236 valence electrons. The molecule has 0 unspecified atom stereocenters. The van der Waals surface area contributed by atoms with Crippen molar-refractivity contribution in [1.82, 2.24) is 14.5 Å². The Labute approximate surface area is 290 Å². The van der Waals surface area contributed by atoms with Gasteiger partial charge in [0.15, 0.2) is 5.82 Å². The van der Waals surface area contributed by atoms with Crippen LogP contribution in [0.3, 0.4) is 0 Å². The van der Waals surface area contributed by atoms with Crippen molar-refractivity contribution >= 4 is 54.1 Å². The van der Waals surface area contributed by atoms with Crippen molar-refractivity contribution in [2.75, 3.05) is 0 Å². The first-order valence-electron chi connectivity index (χ1n) is 16.7. The quantitative estimate of drug-likeness (QED) is 0.179. The summed E-state index contributed by atoms with van der Waals surface area (Å²) in [6.45, 7) is 0. The first kappa shape index (κ1) is 29.6. The lowest BCUT2D eigenvalue weighted by atomic mass is 9.93. The number of nitrogens with zero attached hydrogens (tertiary/aromatic N) is 3. The Balaban J connectivity index is 0.00000336. The van der Waals surface area contributed by atoms with Gasteiger partial charge in [-0.2, -0.15) is 0 Å². The van der Waals surface area contributed by atoms with Crippen LogP contribution in [-0.2, 0) is 0 Å². The predicted molar refractivity (Wildman–Crippen MR) is 212 cm³/mol. The van der Waals surface area contributed by atoms with Crippen LogP contribution in [0.15, 0.2) is 176 Å². The molecule has 50 heavy (non-hydrogen) atoms. The van der Waals surface area contributed by atoms with Crippen molar-refractivity contribution in [2.24, 2.45) is 0 Å². The first-order chi connectivity index (χ1) is 24.3. The maximum absolute atomic E-state index is 5.18. The SMILES string of the molecule is C.c1ccc(-c2cc(-c3ccc4c5c6ccccc6c6ccc7ccccc7c6c5n(-c5ccccc5)c4c3)nc(-c3ccccc3)n2)cc1. The summed E-state index contributed by atoms with van der Waals surface area (Å²) in [6.07, 6.45) is 0. The Kier molecular flexibility index (Phi) is 6.99. The normalized spacial score (nSPS) is 11.4. The fourth-order valence-corrected chi connectivity index (χ4v) is 7.56. The van der Waals surface area contributed by atoms with Gasteiger partial charge in [0, 0.05) is 38.5 Å². The third-order valence-electron chi connectivity index (χ3n) is 9.76. The van der Waals surface area contributed by atoms with Gasteiger partial charge in [0.05, 0.1) is 22.4 Å². The molecule has 0 aliphatic carbocycles. The van der Waals surface area contributed by atoms with Crippen LogP contribution in [0.5, 0.6) is 0 Å². The number of para-hydroxylation sites is 1. The second-order valence-electron chi connectivity index (χ2n) is 12.6. The summed E-state index contributed by atoms with van der Waals surface area (Å²) in [4.78, 5) is 10.2. The van der Waals surface area contributed by atoms with Crippen LogP contribution in [0.2, 0.25) is 0 Å². The van der Waals surface area contributed by atoms with E-state index >= 15 is 0 Å². The molecule has 10 aromatic rings. The van der Waals surface area contributed by atoms with Gasteiger partial charge >= 0.3 is 0 Å². The third kappa shape index (κ3) is 4.59. The van der Waals surface area contributed by atoms with Crippen molar-refractivity contribution < 1.29 is 0 Å². The zero-order valence-corrected chi connectivity index (χ0v) is 26.6. The van der Waals surface area contributed by atoms with Gasteiger partial charge in [-0.25, -0.2) is 9.97 Å². The van der Waals surface area contributed by atoms with Crippen LogP contribution in [-0.4, -0.2) is 14.5 Å². The van der Waals surface area contributed by atoms with Gasteiger partial charge in [-0.15, -0.1) is 0 Å². The zero-order chi connectivity index (χ0) is 32.3. The van der Waals surface area contributed by atoms with Crippen LogP contribution in [0.25, 0.3) is 93.7 Å². The molecule has 0 saturated heterocycles. The molecule has 3 nitrogen and oxygen atoms in total. The molecule has 2 heterocycles. The highest BCUT2D eigenvalue weighted by atomic mass is 15.0. The summed E-state index contributed by atoms with van der Waals surface area (Å²) < 4.78 is 2.47. The lowest BCUT2D eigenvalue weighted by Crippen LogP contribution is -1.97. The van der Waals surface area contributed by atoms with Gasteiger partial charge in [-0.3, -0.25) is 0 Å². The minimum atomic E-state index is 0. The number of hydrogen-bond acceptors (Lipinski definition) is 2. The molecule has 0 aliphatic rings. The van der Waals surface area contributed by atoms with E-state index in [0.717, 1.165) is 39.3 Å². The van der Waals surface area contributed by atoms with Crippen LogP contribution in [0.1, 0.15) is 7.43 Å². The summed E-state index contributed by atoms with van der Waals surface area (Å²) in [6, 6.07) is 62.5. The number of aromatic nitrogens is 3. The van der Waals surface area contributed by atoms with Crippen molar-refractivity contribution in [3.63, 3.8) is 0 Å². The van der Waals surface area contributed by atoms with Gasteiger partial charge < -0.3 is 4.57 Å². The highest BCUT2D eigenvalue weighted by Crippen LogP contribution is 2.45. The van der Waals surface area contributed by atoms with E-state index in [9.17, 15) is 0 Å². The predicted octanol–water partition coefficient (Wildman–Crippen LogP) is 12.7. The van der Waals surface area contributed by atoms with Gasteiger partial charge in [-0.1, -0.05) is 159 Å². The second-order valence-corrected chi connectivity index (χ2v) is 12.6. The first-order valence-corrected chi connectivity index (χ1v) is 16.7. The average molecular weight is 640 g/mol. The van der Waals surface area contributed by atoms with E-state index in [-0.39, 0.29) is 7.43 Å². The van der Waals surface area contributed by atoms with Gasteiger partial charge in [0.25, 0.3) is 0 Å². The monoisotopic (exact) mass is 639 g/mol. The average Bonchev–Trinajstić information content (AvgIpc) is 3.53. The summed E-state index contributed by atoms with van der Waals surface area (Å²) in [7, 11) is 0. The van der Waals surface area contributed by atoms with Crippen LogP contribution < -0.4 is 0 Å². The third-order valence-corrected chi connectivity index (χ3v) is 9.76. The molecule has 3 heteroatoms.